The minimum absolute atomic E-state index is 0.0323. The van der Waals surface area contributed by atoms with Gasteiger partial charge < -0.3 is 5.32 Å². The highest BCUT2D eigenvalue weighted by atomic mass is 32.2. The van der Waals surface area contributed by atoms with Crippen LogP contribution < -0.4 is 5.32 Å². The van der Waals surface area contributed by atoms with Crippen molar-refractivity contribution >= 4 is 21.4 Å². The second-order valence-electron chi connectivity index (χ2n) is 5.34. The lowest BCUT2D eigenvalue weighted by Crippen LogP contribution is -2.18. The third kappa shape index (κ3) is 3.80. The van der Waals surface area contributed by atoms with Crippen LogP contribution in [-0.2, 0) is 14.6 Å². The number of carbonyl (C=O) groups is 1. The first-order valence-electron chi connectivity index (χ1n) is 6.43. The molecule has 1 atom stereocenters. The van der Waals surface area contributed by atoms with Gasteiger partial charge in [-0.2, -0.15) is 0 Å². The van der Waals surface area contributed by atoms with Crippen LogP contribution in [0.3, 0.4) is 0 Å². The number of carbonyl (C=O) groups excluding carboxylic acids is 1. The Morgan fingerprint density at radius 1 is 1.37 bits per heavy atom. The fourth-order valence-corrected chi connectivity index (χ4v) is 4.23. The molecule has 0 spiro atoms. The summed E-state index contributed by atoms with van der Waals surface area (Å²) in [5.41, 5.74) is 2.91. The summed E-state index contributed by atoms with van der Waals surface area (Å²) < 4.78 is 22.7. The van der Waals surface area contributed by atoms with E-state index in [9.17, 15) is 13.2 Å². The first kappa shape index (κ1) is 14.1. The maximum atomic E-state index is 11.9. The molecule has 0 radical (unpaired) electrons. The van der Waals surface area contributed by atoms with Crippen molar-refractivity contribution in [1.29, 1.82) is 0 Å². The lowest BCUT2D eigenvalue weighted by molar-refractivity contribution is -0.116. The summed E-state index contributed by atoms with van der Waals surface area (Å²) in [6.07, 6.45) is 0.884. The zero-order chi connectivity index (χ0) is 14.0. The number of rotatable bonds is 3. The average molecular weight is 281 g/mol. The molecule has 1 aliphatic rings. The van der Waals surface area contributed by atoms with Gasteiger partial charge in [0.2, 0.25) is 5.91 Å². The molecule has 2 rings (SSSR count). The van der Waals surface area contributed by atoms with Crippen LogP contribution in [0.15, 0.2) is 18.2 Å². The highest BCUT2D eigenvalue weighted by Crippen LogP contribution is 2.23. The van der Waals surface area contributed by atoms with Crippen molar-refractivity contribution in [3.63, 3.8) is 0 Å². The molecule has 4 nitrogen and oxygen atoms in total. The Labute approximate surface area is 114 Å². The fourth-order valence-electron chi connectivity index (χ4n) is 2.37. The first-order chi connectivity index (χ1) is 8.85. The Kier molecular flexibility index (Phi) is 3.94. The van der Waals surface area contributed by atoms with E-state index < -0.39 is 9.84 Å². The normalized spacial score (nSPS) is 21.3. The van der Waals surface area contributed by atoms with Crippen LogP contribution in [0.5, 0.6) is 0 Å². The van der Waals surface area contributed by atoms with E-state index in [-0.39, 0.29) is 29.8 Å². The Hall–Kier alpha value is -1.36. The SMILES string of the molecule is Cc1ccc(C)c(NC(=O)C[C@H]2CCS(=O)(=O)C2)c1. The molecule has 1 N–H and O–H groups in total. The van der Waals surface area contributed by atoms with E-state index in [1.807, 2.05) is 32.0 Å². The molecule has 1 aromatic rings. The summed E-state index contributed by atoms with van der Waals surface area (Å²) in [5.74, 6) is 0.229. The van der Waals surface area contributed by atoms with Gasteiger partial charge in [0.15, 0.2) is 9.84 Å². The van der Waals surface area contributed by atoms with Crippen LogP contribution in [0, 0.1) is 19.8 Å². The number of anilines is 1. The van der Waals surface area contributed by atoms with Crippen molar-refractivity contribution < 1.29 is 13.2 Å². The van der Waals surface area contributed by atoms with Crippen molar-refractivity contribution in [1.82, 2.24) is 0 Å². The number of hydrogen-bond donors (Lipinski definition) is 1. The number of benzene rings is 1. The monoisotopic (exact) mass is 281 g/mol. The lowest BCUT2D eigenvalue weighted by Gasteiger charge is -2.11. The standard InChI is InChI=1S/C14H19NO3S/c1-10-3-4-11(2)13(7-10)15-14(16)8-12-5-6-19(17,18)9-12/h3-4,7,12H,5-6,8-9H2,1-2H3,(H,15,16)/t12-/m1/s1. The molecule has 1 aliphatic heterocycles. The van der Waals surface area contributed by atoms with E-state index in [2.05, 4.69) is 5.32 Å². The predicted octanol–water partition coefficient (Wildman–Crippen LogP) is 2.07. The second kappa shape index (κ2) is 5.33. The van der Waals surface area contributed by atoms with Crippen LogP contribution >= 0.6 is 0 Å². The molecule has 1 amide bonds. The van der Waals surface area contributed by atoms with Crippen molar-refractivity contribution in [2.75, 3.05) is 16.8 Å². The van der Waals surface area contributed by atoms with Gasteiger partial charge >= 0.3 is 0 Å². The summed E-state index contributed by atoms with van der Waals surface area (Å²) in [6.45, 7) is 3.91. The molecule has 5 heteroatoms. The zero-order valence-corrected chi connectivity index (χ0v) is 12.1. The molecule has 0 aliphatic carbocycles. The highest BCUT2D eigenvalue weighted by Gasteiger charge is 2.29. The van der Waals surface area contributed by atoms with Gasteiger partial charge in [-0.3, -0.25) is 4.79 Å². The Balaban J connectivity index is 1.97. The number of hydrogen-bond acceptors (Lipinski definition) is 3. The molecule has 0 bridgehead atoms. The van der Waals surface area contributed by atoms with Gasteiger partial charge in [-0.05, 0) is 43.4 Å². The molecule has 104 valence electrons. The number of amides is 1. The Bertz CT molecular complexity index is 593. The van der Waals surface area contributed by atoms with Crippen molar-refractivity contribution in [2.45, 2.75) is 26.7 Å². The highest BCUT2D eigenvalue weighted by molar-refractivity contribution is 7.91. The minimum Gasteiger partial charge on any atom is -0.326 e. The summed E-state index contributed by atoms with van der Waals surface area (Å²) in [5, 5.41) is 2.87. The molecule has 0 unspecified atom stereocenters. The molecule has 19 heavy (non-hydrogen) atoms. The lowest BCUT2D eigenvalue weighted by atomic mass is 10.0. The number of aryl methyl sites for hydroxylation is 2. The topological polar surface area (TPSA) is 63.2 Å². The van der Waals surface area contributed by atoms with Gasteiger partial charge in [0.05, 0.1) is 11.5 Å². The van der Waals surface area contributed by atoms with E-state index in [4.69, 9.17) is 0 Å². The maximum Gasteiger partial charge on any atom is 0.224 e. The quantitative estimate of drug-likeness (QED) is 0.922. The van der Waals surface area contributed by atoms with E-state index in [1.54, 1.807) is 0 Å². The van der Waals surface area contributed by atoms with Crippen LogP contribution in [0.4, 0.5) is 5.69 Å². The van der Waals surface area contributed by atoms with Gasteiger partial charge in [0.1, 0.15) is 0 Å². The van der Waals surface area contributed by atoms with E-state index in [0.29, 0.717) is 6.42 Å². The van der Waals surface area contributed by atoms with Crippen LogP contribution in [0.2, 0.25) is 0 Å². The van der Waals surface area contributed by atoms with E-state index >= 15 is 0 Å². The summed E-state index contributed by atoms with van der Waals surface area (Å²) in [7, 11) is -2.91. The van der Waals surface area contributed by atoms with Gasteiger partial charge in [-0.1, -0.05) is 12.1 Å². The number of nitrogens with one attached hydrogen (secondary N) is 1. The van der Waals surface area contributed by atoms with Crippen LogP contribution in [-0.4, -0.2) is 25.8 Å². The van der Waals surface area contributed by atoms with E-state index in [0.717, 1.165) is 16.8 Å². The predicted molar refractivity (Wildman–Crippen MR) is 75.9 cm³/mol. The summed E-state index contributed by atoms with van der Waals surface area (Å²) in [6, 6.07) is 5.89. The first-order valence-corrected chi connectivity index (χ1v) is 8.25. The largest absolute Gasteiger partial charge is 0.326 e. The molecule has 0 aromatic heterocycles. The summed E-state index contributed by atoms with van der Waals surface area (Å²) in [4.78, 5) is 11.9. The minimum atomic E-state index is -2.91. The third-order valence-corrected chi connectivity index (χ3v) is 5.30. The maximum absolute atomic E-state index is 11.9. The van der Waals surface area contributed by atoms with Gasteiger partial charge in [-0.15, -0.1) is 0 Å². The van der Waals surface area contributed by atoms with Gasteiger partial charge in [0.25, 0.3) is 0 Å². The Morgan fingerprint density at radius 2 is 2.11 bits per heavy atom. The average Bonchev–Trinajstić information content (AvgIpc) is 2.63. The Morgan fingerprint density at radius 3 is 2.74 bits per heavy atom. The second-order valence-corrected chi connectivity index (χ2v) is 7.57. The van der Waals surface area contributed by atoms with E-state index in [1.165, 1.54) is 0 Å². The molecular weight excluding hydrogens is 262 g/mol. The third-order valence-electron chi connectivity index (χ3n) is 3.47. The van der Waals surface area contributed by atoms with Crippen LogP contribution in [0.25, 0.3) is 0 Å². The molecule has 1 heterocycles. The fraction of sp³-hybridized carbons (Fsp3) is 0.500. The molecule has 1 saturated heterocycles. The molecule has 1 fully saturated rings. The van der Waals surface area contributed by atoms with Crippen LogP contribution in [0.1, 0.15) is 24.0 Å². The molecule has 0 saturated carbocycles. The van der Waals surface area contributed by atoms with Gasteiger partial charge in [-0.25, -0.2) is 8.42 Å². The smallest absolute Gasteiger partial charge is 0.224 e. The zero-order valence-electron chi connectivity index (χ0n) is 11.3. The number of sulfone groups is 1. The van der Waals surface area contributed by atoms with Crippen molar-refractivity contribution in [3.8, 4) is 0 Å². The molecule has 1 aromatic carbocycles. The molecular formula is C14H19NO3S. The van der Waals surface area contributed by atoms with Crippen molar-refractivity contribution in [2.24, 2.45) is 5.92 Å². The van der Waals surface area contributed by atoms with Gasteiger partial charge in [0, 0.05) is 12.1 Å². The van der Waals surface area contributed by atoms with Crippen molar-refractivity contribution in [3.05, 3.63) is 29.3 Å². The summed E-state index contributed by atoms with van der Waals surface area (Å²) >= 11 is 0.